The summed E-state index contributed by atoms with van der Waals surface area (Å²) >= 11 is 1.72. The summed E-state index contributed by atoms with van der Waals surface area (Å²) in [6.07, 6.45) is 2.07. The number of aromatic nitrogens is 1. The van der Waals surface area contributed by atoms with Gasteiger partial charge in [-0.25, -0.2) is 4.98 Å². The summed E-state index contributed by atoms with van der Waals surface area (Å²) in [4.78, 5) is 5.72. The summed E-state index contributed by atoms with van der Waals surface area (Å²) in [6.45, 7) is 2.93. The average Bonchev–Trinajstić information content (AvgIpc) is 2.40. The van der Waals surface area contributed by atoms with Crippen LogP contribution in [-0.2, 0) is 0 Å². The minimum Gasteiger partial charge on any atom is -0.370 e. The molecule has 0 unspecified atom stereocenters. The lowest BCUT2D eigenvalue weighted by Gasteiger charge is -2.10. The van der Waals surface area contributed by atoms with Gasteiger partial charge < -0.3 is 10.6 Å². The van der Waals surface area contributed by atoms with Crippen molar-refractivity contribution < 1.29 is 0 Å². The number of nitrogens with zero attached hydrogens (tertiary/aromatic N) is 1. The van der Waals surface area contributed by atoms with Gasteiger partial charge >= 0.3 is 0 Å². The third-order valence-corrected chi connectivity index (χ3v) is 3.27. The predicted octanol–water partition coefficient (Wildman–Crippen LogP) is 3.98. The fourth-order valence-electron chi connectivity index (χ4n) is 1.67. The summed E-state index contributed by atoms with van der Waals surface area (Å²) in [5.41, 5.74) is 1.09. The highest BCUT2D eigenvalue weighted by molar-refractivity contribution is 7.98. The molecule has 94 valence electrons. The zero-order valence-corrected chi connectivity index (χ0v) is 11.4. The first-order chi connectivity index (χ1) is 8.83. The van der Waals surface area contributed by atoms with Crippen LogP contribution < -0.4 is 10.6 Å². The van der Waals surface area contributed by atoms with E-state index in [1.54, 1.807) is 11.8 Å². The summed E-state index contributed by atoms with van der Waals surface area (Å²) in [7, 11) is 0. The number of nitrogens with one attached hydrogen (secondary N) is 2. The van der Waals surface area contributed by atoms with Crippen molar-refractivity contribution in [2.24, 2.45) is 0 Å². The van der Waals surface area contributed by atoms with Gasteiger partial charge in [0.05, 0.1) is 5.69 Å². The topological polar surface area (TPSA) is 37.0 Å². The van der Waals surface area contributed by atoms with E-state index in [1.807, 2.05) is 30.3 Å². The van der Waals surface area contributed by atoms with Crippen LogP contribution in [0.15, 0.2) is 47.4 Å². The van der Waals surface area contributed by atoms with Crippen LogP contribution in [0.3, 0.4) is 0 Å². The van der Waals surface area contributed by atoms with Gasteiger partial charge in [0.25, 0.3) is 0 Å². The van der Waals surface area contributed by atoms with Crippen molar-refractivity contribution in [3.8, 4) is 0 Å². The molecule has 18 heavy (non-hydrogen) atoms. The molecule has 0 saturated carbocycles. The Labute approximate surface area is 112 Å². The standard InChI is InChI=1S/C14H17N3S/c1-3-15-13-9-6-10-14(17-13)16-11-7-4-5-8-12(11)18-2/h4-10H,3H2,1-2H3,(H2,15,16,17). The zero-order chi connectivity index (χ0) is 12.8. The fourth-order valence-corrected chi connectivity index (χ4v) is 2.22. The van der Waals surface area contributed by atoms with Crippen molar-refractivity contribution in [2.75, 3.05) is 23.4 Å². The summed E-state index contributed by atoms with van der Waals surface area (Å²) in [5.74, 6) is 1.75. The van der Waals surface area contributed by atoms with Gasteiger partial charge in [0.2, 0.25) is 0 Å². The Kier molecular flexibility index (Phi) is 4.47. The number of pyridine rings is 1. The van der Waals surface area contributed by atoms with Crippen molar-refractivity contribution in [2.45, 2.75) is 11.8 Å². The molecule has 3 nitrogen and oxygen atoms in total. The summed E-state index contributed by atoms with van der Waals surface area (Å²) in [5, 5.41) is 6.56. The molecule has 0 aliphatic carbocycles. The van der Waals surface area contributed by atoms with E-state index in [0.717, 1.165) is 23.9 Å². The van der Waals surface area contributed by atoms with Gasteiger partial charge in [-0.2, -0.15) is 0 Å². The fraction of sp³-hybridized carbons (Fsp3) is 0.214. The van der Waals surface area contributed by atoms with Crippen molar-refractivity contribution in [1.82, 2.24) is 4.98 Å². The van der Waals surface area contributed by atoms with Crippen LogP contribution in [-0.4, -0.2) is 17.8 Å². The number of rotatable bonds is 5. The van der Waals surface area contributed by atoms with E-state index in [0.29, 0.717) is 0 Å². The van der Waals surface area contributed by atoms with E-state index >= 15 is 0 Å². The Morgan fingerprint density at radius 1 is 1.06 bits per heavy atom. The average molecular weight is 259 g/mol. The minimum absolute atomic E-state index is 0.856. The second kappa shape index (κ2) is 6.31. The van der Waals surface area contributed by atoms with Gasteiger partial charge in [-0.15, -0.1) is 11.8 Å². The van der Waals surface area contributed by atoms with Gasteiger partial charge in [-0.05, 0) is 37.4 Å². The number of hydrogen-bond acceptors (Lipinski definition) is 4. The quantitative estimate of drug-likeness (QED) is 0.796. The molecule has 1 heterocycles. The third kappa shape index (κ3) is 3.17. The van der Waals surface area contributed by atoms with E-state index < -0.39 is 0 Å². The predicted molar refractivity (Wildman–Crippen MR) is 79.9 cm³/mol. The summed E-state index contributed by atoms with van der Waals surface area (Å²) in [6, 6.07) is 14.2. The molecule has 0 aliphatic heterocycles. The van der Waals surface area contributed by atoms with Crippen LogP contribution >= 0.6 is 11.8 Å². The van der Waals surface area contributed by atoms with Gasteiger partial charge in [0.15, 0.2) is 0 Å². The molecule has 0 spiro atoms. The molecule has 0 atom stereocenters. The number of thioether (sulfide) groups is 1. The molecule has 0 saturated heterocycles. The normalized spacial score (nSPS) is 10.1. The van der Waals surface area contributed by atoms with Crippen LogP contribution in [0, 0.1) is 0 Å². The molecule has 0 aliphatic rings. The van der Waals surface area contributed by atoms with E-state index in [-0.39, 0.29) is 0 Å². The number of anilines is 3. The van der Waals surface area contributed by atoms with E-state index in [2.05, 4.69) is 40.9 Å². The maximum Gasteiger partial charge on any atom is 0.132 e. The van der Waals surface area contributed by atoms with Gasteiger partial charge in [-0.1, -0.05) is 18.2 Å². The second-order valence-corrected chi connectivity index (χ2v) is 4.61. The SMILES string of the molecule is CCNc1cccc(Nc2ccccc2SC)n1. The molecule has 0 fully saturated rings. The van der Waals surface area contributed by atoms with Gasteiger partial charge in [0.1, 0.15) is 11.6 Å². The van der Waals surface area contributed by atoms with Crippen molar-refractivity contribution in [3.63, 3.8) is 0 Å². The largest absolute Gasteiger partial charge is 0.370 e. The zero-order valence-electron chi connectivity index (χ0n) is 10.6. The van der Waals surface area contributed by atoms with Gasteiger partial charge in [-0.3, -0.25) is 0 Å². The molecule has 1 aromatic carbocycles. The lowest BCUT2D eigenvalue weighted by molar-refractivity contribution is 1.16. The van der Waals surface area contributed by atoms with E-state index in [4.69, 9.17) is 0 Å². The summed E-state index contributed by atoms with van der Waals surface area (Å²) < 4.78 is 0. The van der Waals surface area contributed by atoms with Crippen LogP contribution in [0.25, 0.3) is 0 Å². The van der Waals surface area contributed by atoms with E-state index in [1.165, 1.54) is 4.90 Å². The van der Waals surface area contributed by atoms with Crippen LogP contribution in [0.2, 0.25) is 0 Å². The first-order valence-electron chi connectivity index (χ1n) is 5.94. The molecular weight excluding hydrogens is 242 g/mol. The number of hydrogen-bond donors (Lipinski definition) is 2. The number of para-hydroxylation sites is 1. The molecule has 2 N–H and O–H groups in total. The van der Waals surface area contributed by atoms with Crippen molar-refractivity contribution in [1.29, 1.82) is 0 Å². The van der Waals surface area contributed by atoms with Crippen molar-refractivity contribution >= 4 is 29.1 Å². The molecule has 2 aromatic rings. The Balaban J connectivity index is 2.20. The third-order valence-electron chi connectivity index (χ3n) is 2.48. The molecule has 1 aromatic heterocycles. The second-order valence-electron chi connectivity index (χ2n) is 3.76. The van der Waals surface area contributed by atoms with Crippen LogP contribution in [0.4, 0.5) is 17.3 Å². The molecule has 0 amide bonds. The first kappa shape index (κ1) is 12.8. The van der Waals surface area contributed by atoms with Crippen LogP contribution in [0.5, 0.6) is 0 Å². The Morgan fingerprint density at radius 2 is 1.83 bits per heavy atom. The first-order valence-corrected chi connectivity index (χ1v) is 7.17. The Morgan fingerprint density at radius 3 is 2.61 bits per heavy atom. The Bertz CT molecular complexity index is 514. The lowest BCUT2D eigenvalue weighted by Crippen LogP contribution is -2.01. The molecular formula is C14H17N3S. The monoisotopic (exact) mass is 259 g/mol. The highest BCUT2D eigenvalue weighted by atomic mass is 32.2. The van der Waals surface area contributed by atoms with Crippen LogP contribution in [0.1, 0.15) is 6.92 Å². The highest BCUT2D eigenvalue weighted by Crippen LogP contribution is 2.27. The maximum atomic E-state index is 4.50. The molecule has 0 radical (unpaired) electrons. The molecule has 4 heteroatoms. The molecule has 0 bridgehead atoms. The smallest absolute Gasteiger partial charge is 0.132 e. The molecule has 2 rings (SSSR count). The van der Waals surface area contributed by atoms with Crippen molar-refractivity contribution in [3.05, 3.63) is 42.5 Å². The van der Waals surface area contributed by atoms with Gasteiger partial charge in [0, 0.05) is 11.4 Å². The number of benzene rings is 1. The Hall–Kier alpha value is -1.68. The highest BCUT2D eigenvalue weighted by Gasteiger charge is 2.02. The minimum atomic E-state index is 0.856. The van der Waals surface area contributed by atoms with E-state index in [9.17, 15) is 0 Å². The lowest BCUT2D eigenvalue weighted by atomic mass is 10.3. The maximum absolute atomic E-state index is 4.50.